The lowest BCUT2D eigenvalue weighted by molar-refractivity contribution is -0.385. The van der Waals surface area contributed by atoms with Gasteiger partial charge in [0.15, 0.2) is 5.75 Å². The van der Waals surface area contributed by atoms with Gasteiger partial charge >= 0.3 is 5.69 Å². The van der Waals surface area contributed by atoms with Crippen LogP contribution in [-0.4, -0.2) is 22.2 Å². The molecule has 1 aromatic carbocycles. The Labute approximate surface area is 109 Å². The lowest BCUT2D eigenvalue weighted by Crippen LogP contribution is -2.01. The van der Waals surface area contributed by atoms with Gasteiger partial charge in [0.1, 0.15) is 0 Å². The Bertz CT molecular complexity index is 594. The van der Waals surface area contributed by atoms with Crippen LogP contribution in [0, 0.1) is 17.0 Å². The van der Waals surface area contributed by atoms with Gasteiger partial charge < -0.3 is 10.1 Å². The van der Waals surface area contributed by atoms with E-state index in [2.05, 4.69) is 15.5 Å². The molecule has 0 fully saturated rings. The smallest absolute Gasteiger partial charge is 0.312 e. The van der Waals surface area contributed by atoms with Crippen LogP contribution < -0.4 is 10.1 Å². The monoisotopic (exact) mass is 262 g/mol. The molecule has 0 bridgehead atoms. The number of benzene rings is 1. The van der Waals surface area contributed by atoms with Crippen LogP contribution in [0.15, 0.2) is 24.4 Å². The second-order valence-electron chi connectivity index (χ2n) is 4.02. The highest BCUT2D eigenvalue weighted by Crippen LogP contribution is 2.29. The molecule has 0 unspecified atom stereocenters. The minimum atomic E-state index is -0.465. The van der Waals surface area contributed by atoms with E-state index in [-0.39, 0.29) is 11.4 Å². The molecule has 0 aliphatic heterocycles. The SMILES string of the molecule is COc1ccc(NCc2cn[nH]c2C)cc1[N+](=O)[O-]. The summed E-state index contributed by atoms with van der Waals surface area (Å²) >= 11 is 0. The van der Waals surface area contributed by atoms with Crippen LogP contribution in [0.4, 0.5) is 11.4 Å². The van der Waals surface area contributed by atoms with Crippen LogP contribution in [0.1, 0.15) is 11.3 Å². The van der Waals surface area contributed by atoms with Crippen molar-refractivity contribution >= 4 is 11.4 Å². The summed E-state index contributed by atoms with van der Waals surface area (Å²) < 4.78 is 4.95. The van der Waals surface area contributed by atoms with Gasteiger partial charge in [0, 0.05) is 29.6 Å². The Morgan fingerprint density at radius 2 is 2.32 bits per heavy atom. The number of nitrogens with one attached hydrogen (secondary N) is 2. The summed E-state index contributed by atoms with van der Waals surface area (Å²) in [5.74, 6) is 0.245. The third kappa shape index (κ3) is 2.82. The fourth-order valence-corrected chi connectivity index (χ4v) is 1.69. The minimum absolute atomic E-state index is 0.0589. The van der Waals surface area contributed by atoms with E-state index >= 15 is 0 Å². The molecule has 0 saturated heterocycles. The second-order valence-corrected chi connectivity index (χ2v) is 4.02. The fourth-order valence-electron chi connectivity index (χ4n) is 1.69. The first-order valence-corrected chi connectivity index (χ1v) is 5.67. The number of nitrogens with zero attached hydrogens (tertiary/aromatic N) is 2. The van der Waals surface area contributed by atoms with E-state index in [4.69, 9.17) is 4.74 Å². The topological polar surface area (TPSA) is 93.1 Å². The van der Waals surface area contributed by atoms with Gasteiger partial charge in [-0.05, 0) is 19.1 Å². The van der Waals surface area contributed by atoms with Crippen LogP contribution in [0.5, 0.6) is 5.75 Å². The molecular formula is C12H14N4O3. The third-order valence-electron chi connectivity index (χ3n) is 2.79. The first-order chi connectivity index (χ1) is 9.11. The highest BCUT2D eigenvalue weighted by atomic mass is 16.6. The Morgan fingerprint density at radius 1 is 1.53 bits per heavy atom. The molecule has 1 heterocycles. The number of hydrogen-bond donors (Lipinski definition) is 2. The van der Waals surface area contributed by atoms with Crippen molar-refractivity contribution in [3.05, 3.63) is 45.8 Å². The van der Waals surface area contributed by atoms with E-state index in [0.29, 0.717) is 12.2 Å². The number of aryl methyl sites for hydroxylation is 1. The molecule has 1 aromatic heterocycles. The van der Waals surface area contributed by atoms with Gasteiger partial charge in [0.25, 0.3) is 0 Å². The van der Waals surface area contributed by atoms with Crippen molar-refractivity contribution in [3.8, 4) is 5.75 Å². The number of anilines is 1. The quantitative estimate of drug-likeness (QED) is 0.636. The Morgan fingerprint density at radius 3 is 2.89 bits per heavy atom. The van der Waals surface area contributed by atoms with Gasteiger partial charge in [-0.15, -0.1) is 0 Å². The molecule has 7 nitrogen and oxygen atoms in total. The van der Waals surface area contributed by atoms with Crippen molar-refractivity contribution < 1.29 is 9.66 Å². The van der Waals surface area contributed by atoms with E-state index in [1.165, 1.54) is 13.2 Å². The molecular weight excluding hydrogens is 248 g/mol. The Hall–Kier alpha value is -2.57. The summed E-state index contributed by atoms with van der Waals surface area (Å²) in [6, 6.07) is 4.76. The summed E-state index contributed by atoms with van der Waals surface area (Å²) in [6.45, 7) is 2.46. The summed E-state index contributed by atoms with van der Waals surface area (Å²) in [5, 5.41) is 20.8. The number of H-pyrrole nitrogens is 1. The summed E-state index contributed by atoms with van der Waals surface area (Å²) in [7, 11) is 1.41. The molecule has 2 rings (SSSR count). The molecule has 0 spiro atoms. The minimum Gasteiger partial charge on any atom is -0.490 e. The number of aromatic amines is 1. The number of nitro benzene ring substituents is 1. The zero-order valence-electron chi connectivity index (χ0n) is 10.6. The number of nitro groups is 1. The molecule has 100 valence electrons. The van der Waals surface area contributed by atoms with Crippen LogP contribution in [0.2, 0.25) is 0 Å². The predicted octanol–water partition coefficient (Wildman–Crippen LogP) is 2.25. The average Bonchev–Trinajstić information content (AvgIpc) is 2.81. The fraction of sp³-hybridized carbons (Fsp3) is 0.250. The van der Waals surface area contributed by atoms with Gasteiger partial charge in [-0.3, -0.25) is 15.2 Å². The number of methoxy groups -OCH3 is 1. The van der Waals surface area contributed by atoms with Crippen molar-refractivity contribution in [1.29, 1.82) is 0 Å². The number of ether oxygens (including phenoxy) is 1. The lowest BCUT2D eigenvalue weighted by atomic mass is 10.2. The van der Waals surface area contributed by atoms with Crippen molar-refractivity contribution in [2.45, 2.75) is 13.5 Å². The molecule has 0 amide bonds. The molecule has 0 atom stereocenters. The lowest BCUT2D eigenvalue weighted by Gasteiger charge is -2.07. The van der Waals surface area contributed by atoms with E-state index in [1.807, 2.05) is 6.92 Å². The van der Waals surface area contributed by atoms with E-state index in [0.717, 1.165) is 11.3 Å². The average molecular weight is 262 g/mol. The van der Waals surface area contributed by atoms with E-state index in [9.17, 15) is 10.1 Å². The van der Waals surface area contributed by atoms with Crippen LogP contribution in [0.25, 0.3) is 0 Å². The number of rotatable bonds is 5. The molecule has 2 aromatic rings. The molecule has 19 heavy (non-hydrogen) atoms. The molecule has 0 saturated carbocycles. The van der Waals surface area contributed by atoms with E-state index < -0.39 is 4.92 Å². The molecule has 0 aliphatic carbocycles. The van der Waals surface area contributed by atoms with Crippen molar-refractivity contribution in [2.24, 2.45) is 0 Å². The van der Waals surface area contributed by atoms with Crippen molar-refractivity contribution in [1.82, 2.24) is 10.2 Å². The highest BCUT2D eigenvalue weighted by Gasteiger charge is 2.15. The normalized spacial score (nSPS) is 10.2. The summed E-state index contributed by atoms with van der Waals surface area (Å²) in [6.07, 6.45) is 1.72. The first kappa shape index (κ1) is 12.9. The van der Waals surface area contributed by atoms with Gasteiger partial charge in [-0.1, -0.05) is 0 Å². The van der Waals surface area contributed by atoms with Gasteiger partial charge in [0.05, 0.1) is 18.2 Å². The standard InChI is InChI=1S/C12H14N4O3/c1-8-9(7-14-15-8)6-13-10-3-4-12(19-2)11(5-10)16(17)18/h3-5,7,13H,6H2,1-2H3,(H,14,15). The largest absolute Gasteiger partial charge is 0.490 e. The molecule has 0 aliphatic rings. The molecule has 0 radical (unpaired) electrons. The zero-order valence-corrected chi connectivity index (χ0v) is 10.6. The Kier molecular flexibility index (Phi) is 3.65. The molecule has 7 heteroatoms. The van der Waals surface area contributed by atoms with Crippen LogP contribution in [0.3, 0.4) is 0 Å². The first-order valence-electron chi connectivity index (χ1n) is 5.67. The molecule has 2 N–H and O–H groups in total. The maximum absolute atomic E-state index is 10.9. The van der Waals surface area contributed by atoms with Gasteiger partial charge in [-0.2, -0.15) is 5.10 Å². The number of hydrogen-bond acceptors (Lipinski definition) is 5. The van der Waals surface area contributed by atoms with E-state index in [1.54, 1.807) is 18.3 Å². The van der Waals surface area contributed by atoms with Gasteiger partial charge in [-0.25, -0.2) is 0 Å². The zero-order chi connectivity index (χ0) is 13.8. The third-order valence-corrected chi connectivity index (χ3v) is 2.79. The number of aromatic nitrogens is 2. The second kappa shape index (κ2) is 5.38. The van der Waals surface area contributed by atoms with Gasteiger partial charge in [0.2, 0.25) is 0 Å². The summed E-state index contributed by atoms with van der Waals surface area (Å²) in [5.41, 5.74) is 2.58. The Balaban J connectivity index is 2.15. The highest BCUT2D eigenvalue weighted by molar-refractivity contribution is 5.58. The van der Waals surface area contributed by atoms with Crippen LogP contribution in [-0.2, 0) is 6.54 Å². The van der Waals surface area contributed by atoms with Crippen molar-refractivity contribution in [2.75, 3.05) is 12.4 Å². The van der Waals surface area contributed by atoms with Crippen LogP contribution >= 0.6 is 0 Å². The maximum atomic E-state index is 10.9. The predicted molar refractivity (Wildman–Crippen MR) is 70.3 cm³/mol. The van der Waals surface area contributed by atoms with Crippen molar-refractivity contribution in [3.63, 3.8) is 0 Å². The maximum Gasteiger partial charge on any atom is 0.312 e. The summed E-state index contributed by atoms with van der Waals surface area (Å²) in [4.78, 5) is 10.4.